The molecule has 27 heavy (non-hydrogen) atoms. The van der Waals surface area contributed by atoms with E-state index in [9.17, 15) is 4.79 Å². The van der Waals surface area contributed by atoms with Crippen molar-refractivity contribution >= 4 is 17.5 Å². The number of carbonyl (C=O) groups excluding carboxylic acids is 1. The highest BCUT2D eigenvalue weighted by molar-refractivity contribution is 5.90. The number of benzene rings is 1. The molecule has 3 N–H and O–H groups in total. The lowest BCUT2D eigenvalue weighted by atomic mass is 10.1. The largest absolute Gasteiger partial charge is 0.367 e. The average molecular weight is 365 g/mol. The molecule has 0 bridgehead atoms. The maximum Gasteiger partial charge on any atom is 0.319 e. The fourth-order valence-electron chi connectivity index (χ4n) is 2.49. The number of nitrogens with zero attached hydrogens (tertiary/aromatic N) is 4. The van der Waals surface area contributed by atoms with Crippen molar-refractivity contribution in [2.45, 2.75) is 20.8 Å². The van der Waals surface area contributed by atoms with Crippen molar-refractivity contribution in [2.75, 3.05) is 23.7 Å². The first-order chi connectivity index (χ1) is 13.0. The van der Waals surface area contributed by atoms with E-state index in [0.717, 1.165) is 22.5 Å². The van der Waals surface area contributed by atoms with Crippen molar-refractivity contribution in [1.82, 2.24) is 25.3 Å². The zero-order valence-electron chi connectivity index (χ0n) is 15.7. The van der Waals surface area contributed by atoms with Crippen molar-refractivity contribution in [2.24, 2.45) is 0 Å². The molecule has 0 saturated heterocycles. The molecule has 3 rings (SSSR count). The quantitative estimate of drug-likeness (QED) is 0.584. The van der Waals surface area contributed by atoms with Crippen LogP contribution in [0.1, 0.15) is 16.8 Å². The van der Waals surface area contributed by atoms with Crippen LogP contribution in [0.2, 0.25) is 0 Å². The van der Waals surface area contributed by atoms with Gasteiger partial charge in [-0.1, -0.05) is 12.1 Å². The van der Waals surface area contributed by atoms with Gasteiger partial charge in [-0.3, -0.25) is 0 Å². The molecule has 140 valence electrons. The number of amides is 2. The summed E-state index contributed by atoms with van der Waals surface area (Å²) in [5, 5.41) is 21.3. The van der Waals surface area contributed by atoms with E-state index in [1.54, 1.807) is 4.68 Å². The standard InChI is InChI=1S/C19H23N7O/c1-13-4-5-14(2)16(12-13)22-19(27)21-10-9-20-17-6-7-18(24-23-17)26-11-8-15(3)25-26/h4-8,11-12H,9-10H2,1-3H3,(H,20,23)(H2,21,22,27). The molecule has 0 unspecified atom stereocenters. The minimum Gasteiger partial charge on any atom is -0.367 e. The van der Waals surface area contributed by atoms with Gasteiger partial charge in [-0.25, -0.2) is 9.48 Å². The lowest BCUT2D eigenvalue weighted by Crippen LogP contribution is -2.33. The highest BCUT2D eigenvalue weighted by Gasteiger charge is 2.05. The van der Waals surface area contributed by atoms with Gasteiger partial charge in [0, 0.05) is 25.0 Å². The van der Waals surface area contributed by atoms with Gasteiger partial charge in [-0.15, -0.1) is 10.2 Å². The molecule has 2 amide bonds. The molecule has 0 spiro atoms. The number of aryl methyl sites for hydroxylation is 3. The molecule has 0 radical (unpaired) electrons. The summed E-state index contributed by atoms with van der Waals surface area (Å²) in [5.74, 6) is 1.29. The molecule has 0 saturated carbocycles. The summed E-state index contributed by atoms with van der Waals surface area (Å²) in [7, 11) is 0. The maximum absolute atomic E-state index is 12.0. The SMILES string of the molecule is Cc1ccc(C)c(NC(=O)NCCNc2ccc(-n3ccc(C)n3)nn2)c1. The van der Waals surface area contributed by atoms with Crippen LogP contribution >= 0.6 is 0 Å². The second-order valence-corrected chi connectivity index (χ2v) is 6.30. The summed E-state index contributed by atoms with van der Waals surface area (Å²) < 4.78 is 1.67. The summed E-state index contributed by atoms with van der Waals surface area (Å²) in [4.78, 5) is 12.0. The van der Waals surface area contributed by atoms with E-state index in [-0.39, 0.29) is 6.03 Å². The summed E-state index contributed by atoms with van der Waals surface area (Å²) in [5.41, 5.74) is 3.86. The number of rotatable bonds is 6. The Hall–Kier alpha value is -3.42. The molecule has 8 nitrogen and oxygen atoms in total. The Labute approximate surface area is 158 Å². The van der Waals surface area contributed by atoms with E-state index < -0.39 is 0 Å². The molecule has 3 aromatic rings. The fourth-order valence-corrected chi connectivity index (χ4v) is 2.49. The smallest absolute Gasteiger partial charge is 0.319 e. The Balaban J connectivity index is 1.43. The number of aromatic nitrogens is 4. The van der Waals surface area contributed by atoms with E-state index in [1.165, 1.54) is 0 Å². The van der Waals surface area contributed by atoms with Gasteiger partial charge < -0.3 is 16.0 Å². The number of urea groups is 1. The van der Waals surface area contributed by atoms with E-state index in [1.807, 2.05) is 63.4 Å². The molecule has 0 atom stereocenters. The van der Waals surface area contributed by atoms with E-state index in [4.69, 9.17) is 0 Å². The summed E-state index contributed by atoms with van der Waals surface area (Å²) in [6.45, 7) is 6.87. The first kappa shape index (κ1) is 18.4. The minimum absolute atomic E-state index is 0.235. The number of hydrogen-bond donors (Lipinski definition) is 3. The Morgan fingerprint density at radius 2 is 1.89 bits per heavy atom. The lowest BCUT2D eigenvalue weighted by molar-refractivity contribution is 0.252. The van der Waals surface area contributed by atoms with Crippen molar-refractivity contribution in [1.29, 1.82) is 0 Å². The highest BCUT2D eigenvalue weighted by Crippen LogP contribution is 2.15. The predicted molar refractivity (Wildman–Crippen MR) is 105 cm³/mol. The van der Waals surface area contributed by atoms with Gasteiger partial charge in [0.15, 0.2) is 5.82 Å². The Kier molecular flexibility index (Phi) is 5.65. The topological polar surface area (TPSA) is 96.8 Å². The van der Waals surface area contributed by atoms with Crippen molar-refractivity contribution in [3.05, 3.63) is 59.4 Å². The normalized spacial score (nSPS) is 10.5. The van der Waals surface area contributed by atoms with Crippen LogP contribution in [0.4, 0.5) is 16.3 Å². The van der Waals surface area contributed by atoms with Crippen LogP contribution in [0.3, 0.4) is 0 Å². The van der Waals surface area contributed by atoms with Crippen LogP contribution in [0, 0.1) is 20.8 Å². The monoisotopic (exact) mass is 365 g/mol. The first-order valence-corrected chi connectivity index (χ1v) is 8.73. The van der Waals surface area contributed by atoms with Gasteiger partial charge >= 0.3 is 6.03 Å². The molecule has 0 fully saturated rings. The molecular formula is C19H23N7O. The molecule has 2 heterocycles. The molecule has 0 aliphatic carbocycles. The third kappa shape index (κ3) is 5.04. The van der Waals surface area contributed by atoms with Crippen LogP contribution in [-0.4, -0.2) is 39.1 Å². The van der Waals surface area contributed by atoms with Crippen molar-refractivity contribution < 1.29 is 4.79 Å². The number of anilines is 2. The van der Waals surface area contributed by atoms with Gasteiger partial charge in [-0.05, 0) is 56.2 Å². The van der Waals surface area contributed by atoms with Gasteiger partial charge in [0.25, 0.3) is 0 Å². The second-order valence-electron chi connectivity index (χ2n) is 6.30. The van der Waals surface area contributed by atoms with E-state index >= 15 is 0 Å². The average Bonchev–Trinajstić information content (AvgIpc) is 3.09. The summed E-state index contributed by atoms with van der Waals surface area (Å²) >= 11 is 0. The summed E-state index contributed by atoms with van der Waals surface area (Å²) in [6.07, 6.45) is 1.84. The third-order valence-corrected chi connectivity index (χ3v) is 3.97. The van der Waals surface area contributed by atoms with Crippen molar-refractivity contribution in [3.63, 3.8) is 0 Å². The van der Waals surface area contributed by atoms with Gasteiger partial charge in [-0.2, -0.15) is 5.10 Å². The molecule has 8 heteroatoms. The number of hydrogen-bond acceptors (Lipinski definition) is 5. The third-order valence-electron chi connectivity index (χ3n) is 3.97. The summed E-state index contributed by atoms with van der Waals surface area (Å²) in [6, 6.07) is 11.3. The first-order valence-electron chi connectivity index (χ1n) is 8.73. The van der Waals surface area contributed by atoms with Crippen LogP contribution in [0.15, 0.2) is 42.6 Å². The van der Waals surface area contributed by atoms with Crippen LogP contribution < -0.4 is 16.0 Å². The van der Waals surface area contributed by atoms with Crippen molar-refractivity contribution in [3.8, 4) is 5.82 Å². The number of carbonyl (C=O) groups is 1. The molecular weight excluding hydrogens is 342 g/mol. The van der Waals surface area contributed by atoms with Crippen LogP contribution in [0.5, 0.6) is 0 Å². The zero-order valence-corrected chi connectivity index (χ0v) is 15.7. The van der Waals surface area contributed by atoms with Gasteiger partial charge in [0.1, 0.15) is 5.82 Å². The molecule has 1 aromatic carbocycles. The molecule has 2 aromatic heterocycles. The van der Waals surface area contributed by atoms with Crippen LogP contribution in [-0.2, 0) is 0 Å². The Morgan fingerprint density at radius 3 is 2.59 bits per heavy atom. The number of nitrogens with one attached hydrogen (secondary N) is 3. The second kappa shape index (κ2) is 8.31. The molecule has 0 aliphatic heterocycles. The van der Waals surface area contributed by atoms with Crippen LogP contribution in [0.25, 0.3) is 5.82 Å². The Bertz CT molecular complexity index is 918. The van der Waals surface area contributed by atoms with Gasteiger partial charge in [0.2, 0.25) is 0 Å². The fraction of sp³-hybridized carbons (Fsp3) is 0.263. The maximum atomic E-state index is 12.0. The predicted octanol–water partition coefficient (Wildman–Crippen LogP) is 2.82. The van der Waals surface area contributed by atoms with Gasteiger partial charge in [0.05, 0.1) is 5.69 Å². The van der Waals surface area contributed by atoms with E-state index in [0.29, 0.717) is 24.7 Å². The zero-order chi connectivity index (χ0) is 19.2. The molecule has 0 aliphatic rings. The lowest BCUT2D eigenvalue weighted by Gasteiger charge is -2.11. The highest BCUT2D eigenvalue weighted by atomic mass is 16.2. The minimum atomic E-state index is -0.235. The Morgan fingerprint density at radius 1 is 1.04 bits per heavy atom. The van der Waals surface area contributed by atoms with E-state index in [2.05, 4.69) is 31.2 Å².